The second-order valence-corrected chi connectivity index (χ2v) is 11.3. The quantitative estimate of drug-likeness (QED) is 0.683. The van der Waals surface area contributed by atoms with Gasteiger partial charge in [0.25, 0.3) is 5.91 Å². The molecule has 2 bridgehead atoms. The van der Waals surface area contributed by atoms with Gasteiger partial charge >= 0.3 is 0 Å². The lowest BCUT2D eigenvalue weighted by Crippen LogP contribution is -2.45. The van der Waals surface area contributed by atoms with Crippen LogP contribution in [0.1, 0.15) is 48.5 Å². The van der Waals surface area contributed by atoms with E-state index in [4.69, 9.17) is 16.9 Å². The second-order valence-electron chi connectivity index (χ2n) is 8.74. The van der Waals surface area contributed by atoms with Crippen molar-refractivity contribution in [2.24, 2.45) is 11.8 Å². The topological polar surface area (TPSA) is 107 Å². The third-order valence-electron chi connectivity index (χ3n) is 6.89. The number of carbonyl (C=O) groups is 1. The highest BCUT2D eigenvalue weighted by Crippen LogP contribution is 2.51. The Morgan fingerprint density at radius 3 is 2.50 bits per heavy atom. The van der Waals surface area contributed by atoms with Crippen molar-refractivity contribution in [3.05, 3.63) is 58.4 Å². The molecule has 2 aliphatic carbocycles. The van der Waals surface area contributed by atoms with Gasteiger partial charge in [-0.2, -0.15) is 5.26 Å². The summed E-state index contributed by atoms with van der Waals surface area (Å²) in [5.74, 6) is -1.48. The molecule has 168 valence electrons. The predicted octanol–water partition coefficient (Wildman–Crippen LogP) is 4.32. The summed E-state index contributed by atoms with van der Waals surface area (Å²) in [6.07, 6.45) is 2.29. The van der Waals surface area contributed by atoms with E-state index in [2.05, 4.69) is 5.32 Å². The summed E-state index contributed by atoms with van der Waals surface area (Å²) in [5.41, 5.74) is -0.792. The van der Waals surface area contributed by atoms with Gasteiger partial charge in [-0.05, 0) is 80.8 Å². The van der Waals surface area contributed by atoms with Crippen LogP contribution in [0.3, 0.4) is 0 Å². The van der Waals surface area contributed by atoms with Crippen LogP contribution in [0.25, 0.3) is 0 Å². The van der Waals surface area contributed by atoms with E-state index in [1.165, 1.54) is 30.3 Å². The van der Waals surface area contributed by atoms with Crippen LogP contribution in [0.4, 0.5) is 10.1 Å². The Bertz CT molecular complexity index is 1220. The fourth-order valence-electron chi connectivity index (χ4n) is 4.95. The van der Waals surface area contributed by atoms with E-state index in [1.54, 1.807) is 13.0 Å². The number of nitriles is 1. The summed E-state index contributed by atoms with van der Waals surface area (Å²) in [5, 5.41) is 21.5. The van der Waals surface area contributed by atoms with Gasteiger partial charge in [0, 0.05) is 11.3 Å². The number of nitrogens with one attached hydrogen (secondary N) is 1. The van der Waals surface area contributed by atoms with E-state index in [0.29, 0.717) is 12.8 Å². The van der Waals surface area contributed by atoms with Crippen LogP contribution in [0.15, 0.2) is 41.3 Å². The summed E-state index contributed by atoms with van der Waals surface area (Å²) in [6.45, 7) is 1.78. The zero-order valence-corrected chi connectivity index (χ0v) is 18.9. The van der Waals surface area contributed by atoms with Crippen molar-refractivity contribution in [2.45, 2.75) is 48.4 Å². The highest BCUT2D eigenvalue weighted by Gasteiger charge is 2.53. The maximum absolute atomic E-state index is 13.5. The summed E-state index contributed by atoms with van der Waals surface area (Å²) in [7, 11) is -3.83. The van der Waals surface area contributed by atoms with E-state index in [9.17, 15) is 22.7 Å². The summed E-state index contributed by atoms with van der Waals surface area (Å²) in [6, 6.07) is 9.29. The first-order valence-electron chi connectivity index (χ1n) is 10.3. The van der Waals surface area contributed by atoms with Gasteiger partial charge in [-0.25, -0.2) is 12.8 Å². The van der Waals surface area contributed by atoms with Crippen LogP contribution in [0, 0.1) is 29.0 Å². The molecular formula is C23H22ClFN2O4S. The van der Waals surface area contributed by atoms with Crippen LogP contribution in [-0.2, 0) is 9.84 Å². The number of hydrogen-bond donors (Lipinski definition) is 2. The number of carbonyl (C=O) groups excluding carboxylic acids is 1. The molecule has 1 amide bonds. The molecule has 32 heavy (non-hydrogen) atoms. The number of nitrogens with zero attached hydrogens (tertiary/aromatic N) is 1. The Kier molecular flexibility index (Phi) is 5.78. The first-order chi connectivity index (χ1) is 15.0. The lowest BCUT2D eigenvalue weighted by atomic mass is 9.76. The number of hydrogen-bond acceptors (Lipinski definition) is 5. The molecule has 0 radical (unpaired) electrons. The molecule has 2 atom stereocenters. The third-order valence-corrected chi connectivity index (χ3v) is 9.55. The molecule has 2 fully saturated rings. The standard InChI is InChI=1S/C23H22ClFN2O4S/c1-23(29)15-3-4-16(23)11-18(10-15)32(30,31)21-9-13(2-6-19(21)24)22(28)27-17-5-7-20(25)14(8-17)12-26/h2,5-9,15-16,18,29H,3-4,10-11H2,1H3,(H,27,28)/t15?,16?,18-,23-. The fraction of sp³-hybridized carbons (Fsp3) is 0.391. The van der Waals surface area contributed by atoms with Crippen LogP contribution in [0.5, 0.6) is 0 Å². The summed E-state index contributed by atoms with van der Waals surface area (Å²) >= 11 is 6.23. The molecule has 0 spiro atoms. The summed E-state index contributed by atoms with van der Waals surface area (Å²) in [4.78, 5) is 12.6. The fourth-order valence-corrected chi connectivity index (χ4v) is 7.35. The van der Waals surface area contributed by atoms with Crippen LogP contribution in [-0.4, -0.2) is 30.3 Å². The Hall–Kier alpha value is -2.47. The Morgan fingerprint density at radius 1 is 1.22 bits per heavy atom. The van der Waals surface area contributed by atoms with Crippen molar-refractivity contribution in [2.75, 3.05) is 5.32 Å². The molecule has 9 heteroatoms. The zero-order chi connectivity index (χ0) is 23.3. The van der Waals surface area contributed by atoms with Crippen molar-refractivity contribution < 1.29 is 22.7 Å². The van der Waals surface area contributed by atoms with Gasteiger partial charge in [0.2, 0.25) is 0 Å². The molecule has 2 saturated carbocycles. The average Bonchev–Trinajstić information content (AvgIpc) is 2.92. The number of halogens is 2. The molecule has 2 aliphatic rings. The Morgan fingerprint density at radius 2 is 1.88 bits per heavy atom. The van der Waals surface area contributed by atoms with Gasteiger partial charge in [-0.3, -0.25) is 4.79 Å². The molecule has 0 heterocycles. The summed E-state index contributed by atoms with van der Waals surface area (Å²) < 4.78 is 40.3. The van der Waals surface area contributed by atoms with Crippen molar-refractivity contribution in [3.63, 3.8) is 0 Å². The molecule has 6 nitrogen and oxygen atoms in total. The zero-order valence-electron chi connectivity index (χ0n) is 17.3. The average molecular weight is 477 g/mol. The molecule has 2 aromatic carbocycles. The SMILES string of the molecule is C[C@]1(O)C2CCC1C[C@@H](S(=O)(=O)c1cc(C(=O)Nc3ccc(F)c(C#N)c3)ccc1Cl)C2. The van der Waals surface area contributed by atoms with Gasteiger partial charge in [-0.15, -0.1) is 0 Å². The molecule has 2 unspecified atom stereocenters. The monoisotopic (exact) mass is 476 g/mol. The molecule has 2 aromatic rings. The van der Waals surface area contributed by atoms with Gasteiger partial charge < -0.3 is 10.4 Å². The van der Waals surface area contributed by atoms with Crippen molar-refractivity contribution in [1.29, 1.82) is 5.26 Å². The van der Waals surface area contributed by atoms with E-state index in [0.717, 1.165) is 18.9 Å². The number of aliphatic hydroxyl groups is 1. The smallest absolute Gasteiger partial charge is 0.255 e. The highest BCUT2D eigenvalue weighted by molar-refractivity contribution is 7.92. The molecule has 0 saturated heterocycles. The second kappa shape index (κ2) is 8.14. The number of sulfone groups is 1. The molecule has 0 aromatic heterocycles. The van der Waals surface area contributed by atoms with E-state index >= 15 is 0 Å². The largest absolute Gasteiger partial charge is 0.390 e. The van der Waals surface area contributed by atoms with Gasteiger partial charge in [0.15, 0.2) is 9.84 Å². The first-order valence-corrected chi connectivity index (χ1v) is 12.2. The van der Waals surface area contributed by atoms with Crippen molar-refractivity contribution >= 4 is 33.0 Å². The van der Waals surface area contributed by atoms with Gasteiger partial charge in [-0.1, -0.05) is 11.6 Å². The van der Waals surface area contributed by atoms with Gasteiger partial charge in [0.05, 0.1) is 26.3 Å². The number of amides is 1. The van der Waals surface area contributed by atoms with Gasteiger partial charge in [0.1, 0.15) is 11.9 Å². The van der Waals surface area contributed by atoms with Crippen molar-refractivity contribution in [3.8, 4) is 6.07 Å². The van der Waals surface area contributed by atoms with E-state index in [1.807, 2.05) is 0 Å². The van der Waals surface area contributed by atoms with Crippen molar-refractivity contribution in [1.82, 2.24) is 0 Å². The number of rotatable bonds is 4. The molecule has 2 N–H and O–H groups in total. The number of benzene rings is 2. The molecule has 4 rings (SSSR count). The maximum Gasteiger partial charge on any atom is 0.255 e. The van der Waals surface area contributed by atoms with Crippen LogP contribution >= 0.6 is 11.6 Å². The molecular weight excluding hydrogens is 455 g/mol. The minimum absolute atomic E-state index is 0.0276. The number of anilines is 1. The van der Waals surface area contributed by atoms with E-state index in [-0.39, 0.29) is 38.6 Å². The minimum Gasteiger partial charge on any atom is -0.390 e. The first kappa shape index (κ1) is 22.7. The Balaban J connectivity index is 1.60. The molecule has 0 aliphatic heterocycles. The third kappa shape index (κ3) is 3.90. The van der Waals surface area contributed by atoms with E-state index < -0.39 is 32.4 Å². The lowest BCUT2D eigenvalue weighted by Gasteiger charge is -2.40. The minimum atomic E-state index is -3.83. The maximum atomic E-state index is 13.5. The Labute approximate surface area is 190 Å². The highest BCUT2D eigenvalue weighted by atomic mass is 35.5. The normalized spacial score (nSPS) is 27.0. The van der Waals surface area contributed by atoms with Crippen LogP contribution < -0.4 is 5.32 Å². The lowest BCUT2D eigenvalue weighted by molar-refractivity contribution is -0.0413. The predicted molar refractivity (Wildman–Crippen MR) is 118 cm³/mol. The number of fused-ring (bicyclic) bond motifs is 2. The van der Waals surface area contributed by atoms with Crippen LogP contribution in [0.2, 0.25) is 5.02 Å².